The van der Waals surface area contributed by atoms with E-state index < -0.39 is 0 Å². The predicted molar refractivity (Wildman–Crippen MR) is 223 cm³/mol. The SMILES string of the molecule is c1ccc(-c2nc(-c3ccc(-c4cccc5c4oc4ccccc45)cc3)nc(-n3c4ccccc4c4c3nc3n(-c5ccccc5)c5ccccc5n43)n2)cc1. The minimum atomic E-state index is 0.493. The van der Waals surface area contributed by atoms with Gasteiger partial charge in [0.1, 0.15) is 16.7 Å². The molecule has 7 aromatic carbocycles. The summed E-state index contributed by atoms with van der Waals surface area (Å²) in [6, 6.07) is 60.2. The second kappa shape index (κ2) is 11.8. The number of hydrogen-bond donors (Lipinski definition) is 0. The summed E-state index contributed by atoms with van der Waals surface area (Å²) >= 11 is 0. The lowest BCUT2D eigenvalue weighted by atomic mass is 10.0. The minimum absolute atomic E-state index is 0.493. The molecule has 8 heteroatoms. The number of rotatable bonds is 5. The van der Waals surface area contributed by atoms with E-state index >= 15 is 0 Å². The Morgan fingerprint density at radius 1 is 0.411 bits per heavy atom. The highest BCUT2D eigenvalue weighted by Crippen LogP contribution is 2.38. The van der Waals surface area contributed by atoms with E-state index in [-0.39, 0.29) is 0 Å². The van der Waals surface area contributed by atoms with Gasteiger partial charge in [-0.1, -0.05) is 140 Å². The highest BCUT2D eigenvalue weighted by Gasteiger charge is 2.25. The minimum Gasteiger partial charge on any atom is -0.455 e. The van der Waals surface area contributed by atoms with Gasteiger partial charge in [-0.05, 0) is 42.0 Å². The molecule has 0 saturated heterocycles. The molecule has 12 aromatic rings. The van der Waals surface area contributed by atoms with Crippen molar-refractivity contribution < 1.29 is 4.42 Å². The van der Waals surface area contributed by atoms with E-state index in [1.54, 1.807) is 0 Å². The first-order valence-electron chi connectivity index (χ1n) is 18.6. The Labute approximate surface area is 319 Å². The number of fused-ring (bicyclic) bond motifs is 10. The molecule has 0 aliphatic rings. The second-order valence-electron chi connectivity index (χ2n) is 13.9. The maximum Gasteiger partial charge on any atom is 0.240 e. The number of nitrogens with zero attached hydrogens (tertiary/aromatic N) is 7. The zero-order valence-corrected chi connectivity index (χ0v) is 29.8. The van der Waals surface area contributed by atoms with Crippen molar-refractivity contribution >= 4 is 60.8 Å². The van der Waals surface area contributed by atoms with Gasteiger partial charge in [-0.3, -0.25) is 13.5 Å². The fourth-order valence-electron chi connectivity index (χ4n) is 8.22. The van der Waals surface area contributed by atoms with Crippen LogP contribution in [0, 0.1) is 0 Å². The maximum atomic E-state index is 6.37. The molecule has 0 fully saturated rings. The number of furan rings is 1. The average Bonchev–Trinajstić information content (AvgIpc) is 4.00. The second-order valence-corrected chi connectivity index (χ2v) is 13.9. The van der Waals surface area contributed by atoms with E-state index in [2.05, 4.69) is 129 Å². The first kappa shape index (κ1) is 30.6. The number of benzene rings is 7. The van der Waals surface area contributed by atoms with Crippen LogP contribution in [0.25, 0.3) is 106 Å². The van der Waals surface area contributed by atoms with E-state index in [0.29, 0.717) is 17.6 Å². The largest absolute Gasteiger partial charge is 0.455 e. The molecule has 0 unspecified atom stereocenters. The third kappa shape index (κ3) is 4.47. The van der Waals surface area contributed by atoms with Gasteiger partial charge in [0, 0.05) is 38.5 Å². The van der Waals surface area contributed by atoms with Crippen LogP contribution in [0.15, 0.2) is 180 Å². The van der Waals surface area contributed by atoms with Crippen molar-refractivity contribution in [3.63, 3.8) is 0 Å². The summed E-state index contributed by atoms with van der Waals surface area (Å²) in [7, 11) is 0. The Kier molecular flexibility index (Phi) is 6.47. The van der Waals surface area contributed by atoms with Crippen molar-refractivity contribution in [3.8, 4) is 45.5 Å². The van der Waals surface area contributed by atoms with Crippen LogP contribution in [0.4, 0.5) is 0 Å². The van der Waals surface area contributed by atoms with Crippen LogP contribution in [0.1, 0.15) is 0 Å². The van der Waals surface area contributed by atoms with Gasteiger partial charge >= 0.3 is 0 Å². The molecule has 0 aliphatic heterocycles. The number of para-hydroxylation sites is 6. The summed E-state index contributed by atoms with van der Waals surface area (Å²) < 4.78 is 12.9. The summed E-state index contributed by atoms with van der Waals surface area (Å²) in [6.07, 6.45) is 0. The first-order chi connectivity index (χ1) is 27.8. The van der Waals surface area contributed by atoms with E-state index in [1.807, 2.05) is 60.7 Å². The Morgan fingerprint density at radius 3 is 1.80 bits per heavy atom. The third-order valence-corrected chi connectivity index (χ3v) is 10.7. The fourth-order valence-corrected chi connectivity index (χ4v) is 8.22. The van der Waals surface area contributed by atoms with Crippen LogP contribution in [0.3, 0.4) is 0 Å². The lowest BCUT2D eigenvalue weighted by Crippen LogP contribution is -2.06. The van der Waals surface area contributed by atoms with Crippen LogP contribution in [-0.4, -0.2) is 33.5 Å². The molecular weight excluding hydrogens is 691 g/mol. The maximum absolute atomic E-state index is 6.37. The Morgan fingerprint density at radius 2 is 1.02 bits per heavy atom. The molecule has 5 aromatic heterocycles. The summed E-state index contributed by atoms with van der Waals surface area (Å²) in [5, 5.41) is 3.26. The van der Waals surface area contributed by atoms with Crippen molar-refractivity contribution in [2.75, 3.05) is 0 Å². The van der Waals surface area contributed by atoms with Gasteiger partial charge < -0.3 is 4.42 Å². The Hall–Kier alpha value is -7.84. The summed E-state index contributed by atoms with van der Waals surface area (Å²) in [5.74, 6) is 2.45. The molecular formula is C48H29N7O. The van der Waals surface area contributed by atoms with Crippen LogP contribution >= 0.6 is 0 Å². The highest BCUT2D eigenvalue weighted by atomic mass is 16.3. The number of hydrogen-bond acceptors (Lipinski definition) is 5. The van der Waals surface area contributed by atoms with Gasteiger partial charge in [0.15, 0.2) is 17.3 Å². The summed E-state index contributed by atoms with van der Waals surface area (Å²) in [5.41, 5.74) is 11.5. The number of imidazole rings is 2. The summed E-state index contributed by atoms with van der Waals surface area (Å²) in [4.78, 5) is 20.9. The van der Waals surface area contributed by atoms with E-state index in [9.17, 15) is 0 Å². The van der Waals surface area contributed by atoms with Crippen molar-refractivity contribution in [2.24, 2.45) is 0 Å². The van der Waals surface area contributed by atoms with Crippen molar-refractivity contribution in [3.05, 3.63) is 176 Å². The molecule has 5 heterocycles. The Bertz CT molecular complexity index is 3470. The quantitative estimate of drug-likeness (QED) is 0.177. The Balaban J connectivity index is 1.08. The van der Waals surface area contributed by atoms with E-state index in [4.69, 9.17) is 24.4 Å². The first-order valence-corrected chi connectivity index (χ1v) is 18.6. The molecule has 0 saturated carbocycles. The topological polar surface area (TPSA) is 79.0 Å². The average molecular weight is 720 g/mol. The molecule has 12 rings (SSSR count). The van der Waals surface area contributed by atoms with Crippen LogP contribution in [0.5, 0.6) is 0 Å². The highest BCUT2D eigenvalue weighted by molar-refractivity contribution is 6.10. The van der Waals surface area contributed by atoms with Gasteiger partial charge in [-0.25, -0.2) is 4.98 Å². The number of aromatic nitrogens is 7. The predicted octanol–water partition coefficient (Wildman–Crippen LogP) is 11.5. The monoisotopic (exact) mass is 719 g/mol. The summed E-state index contributed by atoms with van der Waals surface area (Å²) in [6.45, 7) is 0. The van der Waals surface area contributed by atoms with Gasteiger partial charge in [-0.2, -0.15) is 15.0 Å². The van der Waals surface area contributed by atoms with Gasteiger partial charge in [0.05, 0.1) is 16.6 Å². The molecule has 0 amide bonds. The molecule has 0 aliphatic carbocycles. The van der Waals surface area contributed by atoms with Crippen molar-refractivity contribution in [1.29, 1.82) is 0 Å². The van der Waals surface area contributed by atoms with Gasteiger partial charge in [-0.15, -0.1) is 0 Å². The third-order valence-electron chi connectivity index (χ3n) is 10.7. The smallest absolute Gasteiger partial charge is 0.240 e. The standard InChI is InChI=1S/C48H29N7O/c1-3-14-31(15-4-1)44-49-45(32-28-26-30(27-29-32)34-20-13-21-36-35-18-8-12-25-41(35)56-43(34)36)51-47(50-44)55-38-22-9-7-19-37(38)42-46(55)52-48-53(33-16-5-2-6-17-33)39-23-10-11-24-40(39)54(42)48/h1-29H. The molecule has 56 heavy (non-hydrogen) atoms. The molecule has 0 radical (unpaired) electrons. The lowest BCUT2D eigenvalue weighted by Gasteiger charge is -2.11. The van der Waals surface area contributed by atoms with Crippen molar-refractivity contribution in [2.45, 2.75) is 0 Å². The van der Waals surface area contributed by atoms with E-state index in [1.165, 1.54) is 0 Å². The molecule has 262 valence electrons. The normalized spacial score (nSPS) is 11.9. The van der Waals surface area contributed by atoms with Crippen molar-refractivity contribution in [1.82, 2.24) is 33.5 Å². The zero-order chi connectivity index (χ0) is 36.7. The fraction of sp³-hybridized carbons (Fsp3) is 0. The molecule has 0 N–H and O–H groups in total. The lowest BCUT2D eigenvalue weighted by molar-refractivity contribution is 0.670. The van der Waals surface area contributed by atoms with Crippen LogP contribution in [0.2, 0.25) is 0 Å². The molecule has 0 bridgehead atoms. The van der Waals surface area contributed by atoms with Gasteiger partial charge in [0.2, 0.25) is 11.7 Å². The molecule has 0 atom stereocenters. The molecule has 0 spiro atoms. The zero-order valence-electron chi connectivity index (χ0n) is 29.8. The van der Waals surface area contributed by atoms with Crippen LogP contribution < -0.4 is 0 Å². The van der Waals surface area contributed by atoms with E-state index in [0.717, 1.165) is 88.8 Å². The van der Waals surface area contributed by atoms with Crippen LogP contribution in [-0.2, 0) is 0 Å². The van der Waals surface area contributed by atoms with Gasteiger partial charge in [0.25, 0.3) is 0 Å². The molecule has 8 nitrogen and oxygen atoms in total.